The molecule has 1 saturated heterocycles. The summed E-state index contributed by atoms with van der Waals surface area (Å²) in [4.78, 5) is 18.4. The number of likely N-dealkylation sites (tertiary alicyclic amines) is 1. The highest BCUT2D eigenvalue weighted by Crippen LogP contribution is 2.31. The van der Waals surface area contributed by atoms with Crippen LogP contribution in [0.2, 0.25) is 10.0 Å². The molecule has 1 aliphatic heterocycles. The summed E-state index contributed by atoms with van der Waals surface area (Å²) in [6.45, 7) is 1.78. The van der Waals surface area contributed by atoms with Crippen molar-refractivity contribution < 1.29 is 9.18 Å². The smallest absolute Gasteiger partial charge is 0.242 e. The van der Waals surface area contributed by atoms with Crippen LogP contribution in [0.5, 0.6) is 0 Å². The lowest BCUT2D eigenvalue weighted by Crippen LogP contribution is -2.43. The summed E-state index contributed by atoms with van der Waals surface area (Å²) in [6, 6.07) is 6.61. The number of carbonyl (C=O) groups excluding carboxylic acids is 1. The molecule has 0 N–H and O–H groups in total. The maximum absolute atomic E-state index is 14.3. The second-order valence-corrected chi connectivity index (χ2v) is 6.85. The summed E-state index contributed by atoms with van der Waals surface area (Å²) >= 11 is 12.1. The molecule has 7 heteroatoms. The zero-order chi connectivity index (χ0) is 17.6. The molecule has 0 atom stereocenters. The number of carbonyl (C=O) groups is 1. The molecule has 0 bridgehead atoms. The Morgan fingerprint density at radius 2 is 2.04 bits per heavy atom. The Balaban J connectivity index is 1.77. The van der Waals surface area contributed by atoms with E-state index in [0.29, 0.717) is 27.2 Å². The minimum atomic E-state index is -0.494. The molecule has 1 aromatic carbocycles. The number of benzene rings is 1. The van der Waals surface area contributed by atoms with E-state index >= 15 is 0 Å². The Labute approximate surface area is 153 Å². The quantitative estimate of drug-likeness (QED) is 0.679. The van der Waals surface area contributed by atoms with Gasteiger partial charge < -0.3 is 9.47 Å². The van der Waals surface area contributed by atoms with Gasteiger partial charge in [0, 0.05) is 36.6 Å². The number of amides is 1. The first-order valence-electron chi connectivity index (χ1n) is 7.91. The Morgan fingerprint density at radius 3 is 2.76 bits per heavy atom. The van der Waals surface area contributed by atoms with Crippen LogP contribution < -0.4 is 0 Å². The zero-order valence-corrected chi connectivity index (χ0v) is 14.7. The summed E-state index contributed by atoms with van der Waals surface area (Å²) in [5.41, 5.74) is 2.22. The fourth-order valence-corrected chi connectivity index (χ4v) is 3.38. The third-order valence-electron chi connectivity index (χ3n) is 4.45. The van der Waals surface area contributed by atoms with E-state index in [1.807, 2.05) is 0 Å². The fraction of sp³-hybridized carbons (Fsp3) is 0.222. The second-order valence-electron chi connectivity index (χ2n) is 6.03. The van der Waals surface area contributed by atoms with Gasteiger partial charge in [0.05, 0.1) is 15.6 Å². The van der Waals surface area contributed by atoms with Gasteiger partial charge in [-0.1, -0.05) is 35.3 Å². The summed E-state index contributed by atoms with van der Waals surface area (Å²) in [5, 5.41) is 0.517. The Hall–Kier alpha value is -2.11. The third-order valence-corrected chi connectivity index (χ3v) is 5.02. The Bertz CT molecular complexity index is 982. The van der Waals surface area contributed by atoms with Crippen LogP contribution in [0.3, 0.4) is 0 Å². The summed E-state index contributed by atoms with van der Waals surface area (Å²) in [6.07, 6.45) is 4.29. The van der Waals surface area contributed by atoms with E-state index in [-0.39, 0.29) is 17.5 Å². The minimum absolute atomic E-state index is 0.0409. The van der Waals surface area contributed by atoms with Gasteiger partial charge in [0.25, 0.3) is 0 Å². The van der Waals surface area contributed by atoms with E-state index in [9.17, 15) is 9.18 Å². The van der Waals surface area contributed by atoms with Crippen molar-refractivity contribution in [1.82, 2.24) is 14.5 Å². The van der Waals surface area contributed by atoms with Gasteiger partial charge in [-0.05, 0) is 18.6 Å². The van der Waals surface area contributed by atoms with Crippen LogP contribution in [0.1, 0.15) is 6.42 Å². The Kier molecular flexibility index (Phi) is 4.13. The van der Waals surface area contributed by atoms with Gasteiger partial charge in [-0.15, -0.1) is 0 Å². The molecule has 4 rings (SSSR count). The van der Waals surface area contributed by atoms with E-state index in [1.54, 1.807) is 40.1 Å². The largest absolute Gasteiger partial charge is 0.341 e. The van der Waals surface area contributed by atoms with Gasteiger partial charge in [-0.2, -0.15) is 0 Å². The summed E-state index contributed by atoms with van der Waals surface area (Å²) in [5.74, 6) is -0.453. The molecule has 3 aromatic rings. The van der Waals surface area contributed by atoms with Crippen molar-refractivity contribution in [2.45, 2.75) is 13.0 Å². The molecule has 128 valence electrons. The number of rotatable bonds is 3. The van der Waals surface area contributed by atoms with Crippen molar-refractivity contribution >= 4 is 40.1 Å². The van der Waals surface area contributed by atoms with E-state index in [1.165, 1.54) is 6.07 Å². The molecule has 0 spiro atoms. The predicted molar refractivity (Wildman–Crippen MR) is 96.3 cm³/mol. The minimum Gasteiger partial charge on any atom is -0.341 e. The SMILES string of the molecule is O=C(Cn1cc(Cl)c2ncc(-c3cccc(Cl)c3F)cc21)N1CCC1. The van der Waals surface area contributed by atoms with E-state index < -0.39 is 5.82 Å². The zero-order valence-electron chi connectivity index (χ0n) is 13.2. The Morgan fingerprint density at radius 1 is 1.24 bits per heavy atom. The first-order chi connectivity index (χ1) is 12.0. The number of pyridine rings is 1. The van der Waals surface area contributed by atoms with Gasteiger partial charge in [-0.3, -0.25) is 9.78 Å². The molecule has 3 heterocycles. The lowest BCUT2D eigenvalue weighted by Gasteiger charge is -2.31. The monoisotopic (exact) mass is 377 g/mol. The molecule has 1 fully saturated rings. The predicted octanol–water partition coefficient (Wildman–Crippen LogP) is 4.38. The molecule has 4 nitrogen and oxygen atoms in total. The standard InChI is InChI=1S/C18H14Cl2FN3O/c19-13-4-1-3-12(17(13)21)11-7-15-18(22-8-11)14(20)9-24(15)10-16(25)23-5-2-6-23/h1,3-4,7-9H,2,5-6,10H2. The highest BCUT2D eigenvalue weighted by Gasteiger charge is 2.21. The molecule has 2 aromatic heterocycles. The number of fused-ring (bicyclic) bond motifs is 1. The van der Waals surface area contributed by atoms with Crippen LogP contribution in [0, 0.1) is 5.82 Å². The van der Waals surface area contributed by atoms with Crippen molar-refractivity contribution in [3.8, 4) is 11.1 Å². The normalized spacial score (nSPS) is 14.0. The van der Waals surface area contributed by atoms with E-state index in [0.717, 1.165) is 19.5 Å². The van der Waals surface area contributed by atoms with Gasteiger partial charge in [-0.25, -0.2) is 4.39 Å². The van der Waals surface area contributed by atoms with Gasteiger partial charge >= 0.3 is 0 Å². The maximum atomic E-state index is 14.3. The van der Waals surface area contributed by atoms with E-state index in [2.05, 4.69) is 4.98 Å². The number of hydrogen-bond donors (Lipinski definition) is 0. The average molecular weight is 378 g/mol. The molecule has 1 aliphatic rings. The van der Waals surface area contributed by atoms with Crippen LogP contribution in [0.4, 0.5) is 4.39 Å². The molecular formula is C18H14Cl2FN3O. The molecule has 0 aliphatic carbocycles. The van der Waals surface area contributed by atoms with Gasteiger partial charge in [0.15, 0.2) is 0 Å². The van der Waals surface area contributed by atoms with Crippen LogP contribution in [-0.4, -0.2) is 33.4 Å². The lowest BCUT2D eigenvalue weighted by atomic mass is 10.1. The molecule has 0 saturated carbocycles. The number of aromatic nitrogens is 2. The topological polar surface area (TPSA) is 38.1 Å². The van der Waals surface area contributed by atoms with E-state index in [4.69, 9.17) is 23.2 Å². The number of halogens is 3. The molecule has 0 radical (unpaired) electrons. The first-order valence-corrected chi connectivity index (χ1v) is 8.67. The lowest BCUT2D eigenvalue weighted by molar-refractivity contribution is -0.135. The van der Waals surface area contributed by atoms with Crippen LogP contribution >= 0.6 is 23.2 Å². The van der Waals surface area contributed by atoms with Crippen LogP contribution in [0.15, 0.2) is 36.7 Å². The highest BCUT2D eigenvalue weighted by molar-refractivity contribution is 6.35. The van der Waals surface area contributed by atoms with Crippen LogP contribution in [-0.2, 0) is 11.3 Å². The summed E-state index contributed by atoms with van der Waals surface area (Å²) < 4.78 is 16.1. The molecule has 25 heavy (non-hydrogen) atoms. The second kappa shape index (κ2) is 6.32. The number of nitrogens with zero attached hydrogens (tertiary/aromatic N) is 3. The van der Waals surface area contributed by atoms with Crippen molar-refractivity contribution in [2.24, 2.45) is 0 Å². The van der Waals surface area contributed by atoms with Crippen molar-refractivity contribution in [3.63, 3.8) is 0 Å². The van der Waals surface area contributed by atoms with Gasteiger partial charge in [0.1, 0.15) is 17.9 Å². The number of hydrogen-bond acceptors (Lipinski definition) is 2. The third kappa shape index (κ3) is 2.87. The molecular weight excluding hydrogens is 364 g/mol. The molecule has 1 amide bonds. The molecule has 0 unspecified atom stereocenters. The highest BCUT2D eigenvalue weighted by atomic mass is 35.5. The summed E-state index contributed by atoms with van der Waals surface area (Å²) in [7, 11) is 0. The van der Waals surface area contributed by atoms with Crippen LogP contribution in [0.25, 0.3) is 22.2 Å². The fourth-order valence-electron chi connectivity index (χ4n) is 2.94. The van der Waals surface area contributed by atoms with Crippen molar-refractivity contribution in [2.75, 3.05) is 13.1 Å². The first kappa shape index (κ1) is 16.4. The van der Waals surface area contributed by atoms with Crippen molar-refractivity contribution in [1.29, 1.82) is 0 Å². The average Bonchev–Trinajstić information content (AvgIpc) is 2.84. The van der Waals surface area contributed by atoms with Crippen molar-refractivity contribution in [3.05, 3.63) is 52.5 Å². The maximum Gasteiger partial charge on any atom is 0.242 e. The van der Waals surface area contributed by atoms with Gasteiger partial charge in [0.2, 0.25) is 5.91 Å².